The molecule has 5 rings (SSSR count). The summed E-state index contributed by atoms with van der Waals surface area (Å²) in [5, 5.41) is 2.55. The Kier molecular flexibility index (Phi) is 7.14. The highest BCUT2D eigenvalue weighted by atomic mass is 19.4. The maximum Gasteiger partial charge on any atom is 0.490 e. The van der Waals surface area contributed by atoms with Gasteiger partial charge in [-0.15, -0.1) is 0 Å². The van der Waals surface area contributed by atoms with Gasteiger partial charge >= 0.3 is 12.1 Å². The first-order chi connectivity index (χ1) is 18.8. The molecule has 6 nitrogen and oxygen atoms in total. The van der Waals surface area contributed by atoms with Crippen LogP contribution in [0.25, 0.3) is 22.4 Å². The van der Waals surface area contributed by atoms with Gasteiger partial charge in [-0.1, -0.05) is 72.8 Å². The maximum atomic E-state index is 12.9. The van der Waals surface area contributed by atoms with Crippen molar-refractivity contribution in [1.82, 2.24) is 9.55 Å². The summed E-state index contributed by atoms with van der Waals surface area (Å²) in [6.45, 7) is 0.596. The molecule has 0 saturated heterocycles. The lowest BCUT2D eigenvalue weighted by molar-refractivity contribution is -0.205. The molecule has 9 heteroatoms. The molecule has 0 radical (unpaired) electrons. The van der Waals surface area contributed by atoms with Crippen molar-refractivity contribution >= 4 is 28.6 Å². The number of imidazole rings is 1. The number of nitrogens with zero attached hydrogens (tertiary/aromatic N) is 2. The van der Waals surface area contributed by atoms with E-state index < -0.39 is 24.2 Å². The lowest BCUT2D eigenvalue weighted by Gasteiger charge is -2.19. The largest absolute Gasteiger partial charge is 0.490 e. The number of rotatable bonds is 7. The van der Waals surface area contributed by atoms with Crippen LogP contribution in [-0.2, 0) is 20.9 Å². The predicted molar refractivity (Wildman–Crippen MR) is 141 cm³/mol. The van der Waals surface area contributed by atoms with Crippen molar-refractivity contribution in [3.8, 4) is 11.4 Å². The van der Waals surface area contributed by atoms with Crippen molar-refractivity contribution < 1.29 is 27.5 Å². The van der Waals surface area contributed by atoms with E-state index in [1.165, 1.54) is 24.3 Å². The molecule has 39 heavy (non-hydrogen) atoms. The summed E-state index contributed by atoms with van der Waals surface area (Å²) in [6, 6.07) is 32.0. The van der Waals surface area contributed by atoms with Crippen molar-refractivity contribution in [2.75, 3.05) is 5.32 Å². The van der Waals surface area contributed by atoms with Crippen molar-refractivity contribution in [2.45, 2.75) is 18.8 Å². The third kappa shape index (κ3) is 5.82. The molecular weight excluding hydrogens is 507 g/mol. The van der Waals surface area contributed by atoms with E-state index in [9.17, 15) is 22.8 Å². The number of amides is 1. The van der Waals surface area contributed by atoms with Crippen molar-refractivity contribution in [2.24, 2.45) is 0 Å². The summed E-state index contributed by atoms with van der Waals surface area (Å²) in [6.07, 6.45) is -7.02. The molecule has 0 spiro atoms. The third-order valence-electron chi connectivity index (χ3n) is 6.05. The topological polar surface area (TPSA) is 73.2 Å². The SMILES string of the molecule is O=C(Nc1ccc(-c2nc3ccccc3n2Cc2ccccc2)cc1)C(OC(=O)C(F)(F)F)c1ccccc1. The second kappa shape index (κ2) is 10.8. The molecule has 4 aromatic carbocycles. The average Bonchev–Trinajstić information content (AvgIpc) is 3.30. The first-order valence-electron chi connectivity index (χ1n) is 12.0. The number of hydrogen-bond donors (Lipinski definition) is 1. The molecule has 0 aliphatic carbocycles. The fourth-order valence-electron chi connectivity index (χ4n) is 4.21. The number of esters is 1. The van der Waals surface area contributed by atoms with Crippen molar-refractivity contribution in [3.05, 3.63) is 120 Å². The minimum absolute atomic E-state index is 0.110. The van der Waals surface area contributed by atoms with Crippen LogP contribution in [0.4, 0.5) is 18.9 Å². The smallest absolute Gasteiger partial charge is 0.441 e. The summed E-state index contributed by atoms with van der Waals surface area (Å²) >= 11 is 0. The number of benzene rings is 4. The number of fused-ring (bicyclic) bond motifs is 1. The first-order valence-corrected chi connectivity index (χ1v) is 12.0. The van der Waals surface area contributed by atoms with E-state index in [0.717, 1.165) is 28.0 Å². The van der Waals surface area contributed by atoms with E-state index in [-0.39, 0.29) is 5.56 Å². The Bertz CT molecular complexity index is 1600. The molecule has 196 valence electrons. The molecule has 0 fully saturated rings. The molecule has 1 unspecified atom stereocenters. The van der Waals surface area contributed by atoms with Gasteiger partial charge < -0.3 is 14.6 Å². The summed E-state index contributed by atoms with van der Waals surface area (Å²) in [5.74, 6) is -2.64. The minimum atomic E-state index is -5.24. The Morgan fingerprint density at radius 3 is 2.10 bits per heavy atom. The summed E-state index contributed by atoms with van der Waals surface area (Å²) in [4.78, 5) is 29.2. The van der Waals surface area contributed by atoms with E-state index in [1.54, 1.807) is 30.3 Å². The van der Waals surface area contributed by atoms with Crippen LogP contribution in [0.1, 0.15) is 17.2 Å². The molecule has 0 aliphatic rings. The van der Waals surface area contributed by atoms with Gasteiger partial charge in [0.05, 0.1) is 11.0 Å². The first kappa shape index (κ1) is 25.7. The van der Waals surface area contributed by atoms with E-state index in [2.05, 4.69) is 14.6 Å². The monoisotopic (exact) mass is 529 g/mol. The number of anilines is 1. The molecule has 0 bridgehead atoms. The number of halogens is 3. The van der Waals surface area contributed by atoms with Crippen LogP contribution in [0, 0.1) is 0 Å². The Morgan fingerprint density at radius 2 is 1.44 bits per heavy atom. The third-order valence-corrected chi connectivity index (χ3v) is 6.05. The van der Waals surface area contributed by atoms with Crippen LogP contribution in [0.15, 0.2) is 109 Å². The summed E-state index contributed by atoms with van der Waals surface area (Å²) in [5.41, 5.74) is 4.11. The van der Waals surface area contributed by atoms with Crippen molar-refractivity contribution in [1.29, 1.82) is 0 Å². The zero-order chi connectivity index (χ0) is 27.4. The number of ether oxygens (including phenoxy) is 1. The molecule has 1 aromatic heterocycles. The maximum absolute atomic E-state index is 12.9. The molecule has 5 aromatic rings. The number of hydrogen-bond acceptors (Lipinski definition) is 4. The van der Waals surface area contributed by atoms with Gasteiger partial charge in [-0.25, -0.2) is 9.78 Å². The molecule has 0 aliphatic heterocycles. The van der Waals surface area contributed by atoms with E-state index in [0.29, 0.717) is 12.2 Å². The van der Waals surface area contributed by atoms with Crippen LogP contribution >= 0.6 is 0 Å². The van der Waals surface area contributed by atoms with Crippen LogP contribution in [0.3, 0.4) is 0 Å². The number of carbonyl (C=O) groups excluding carboxylic acids is 2. The van der Waals surface area contributed by atoms with Gasteiger partial charge in [0.1, 0.15) is 5.82 Å². The fraction of sp³-hybridized carbons (Fsp3) is 0.100. The molecule has 1 heterocycles. The highest BCUT2D eigenvalue weighted by Gasteiger charge is 2.43. The quantitative estimate of drug-likeness (QED) is 0.243. The lowest BCUT2D eigenvalue weighted by atomic mass is 10.1. The van der Waals surface area contributed by atoms with Gasteiger partial charge in [-0.2, -0.15) is 13.2 Å². The minimum Gasteiger partial charge on any atom is -0.441 e. The second-order valence-corrected chi connectivity index (χ2v) is 8.76. The Hall–Kier alpha value is -4.92. The Balaban J connectivity index is 1.41. The summed E-state index contributed by atoms with van der Waals surface area (Å²) in [7, 11) is 0. The molecule has 1 atom stereocenters. The number of nitrogens with one attached hydrogen (secondary N) is 1. The van der Waals surface area contributed by atoms with Crippen LogP contribution in [-0.4, -0.2) is 27.6 Å². The van der Waals surface area contributed by atoms with Gasteiger partial charge in [-0.3, -0.25) is 4.79 Å². The van der Waals surface area contributed by atoms with E-state index >= 15 is 0 Å². The molecule has 0 saturated carbocycles. The second-order valence-electron chi connectivity index (χ2n) is 8.76. The Labute approximate surface area is 221 Å². The van der Waals surface area contributed by atoms with Gasteiger partial charge in [0.15, 0.2) is 0 Å². The van der Waals surface area contributed by atoms with Crippen LogP contribution < -0.4 is 5.32 Å². The fourth-order valence-corrected chi connectivity index (χ4v) is 4.21. The number of carbonyl (C=O) groups is 2. The zero-order valence-corrected chi connectivity index (χ0v) is 20.4. The highest BCUT2D eigenvalue weighted by molar-refractivity contribution is 5.96. The van der Waals surface area contributed by atoms with E-state index in [4.69, 9.17) is 4.98 Å². The normalized spacial score (nSPS) is 12.2. The van der Waals surface area contributed by atoms with Gasteiger partial charge in [0.2, 0.25) is 6.10 Å². The number of para-hydroxylation sites is 2. The zero-order valence-electron chi connectivity index (χ0n) is 20.4. The van der Waals surface area contributed by atoms with Crippen LogP contribution in [0.2, 0.25) is 0 Å². The van der Waals surface area contributed by atoms with Gasteiger partial charge in [0.25, 0.3) is 5.91 Å². The van der Waals surface area contributed by atoms with Crippen molar-refractivity contribution in [3.63, 3.8) is 0 Å². The van der Waals surface area contributed by atoms with Gasteiger partial charge in [-0.05, 0) is 42.0 Å². The predicted octanol–water partition coefficient (Wildman–Crippen LogP) is 6.54. The molecular formula is C30H22F3N3O3. The average molecular weight is 530 g/mol. The highest BCUT2D eigenvalue weighted by Crippen LogP contribution is 2.29. The van der Waals surface area contributed by atoms with Crippen LogP contribution in [0.5, 0.6) is 0 Å². The van der Waals surface area contributed by atoms with E-state index in [1.807, 2.05) is 54.6 Å². The lowest BCUT2D eigenvalue weighted by Crippen LogP contribution is -2.32. The summed E-state index contributed by atoms with van der Waals surface area (Å²) < 4.78 is 45.2. The standard InChI is InChI=1S/C30H22F3N3O3/c31-30(32,33)29(38)39-26(21-11-5-2-6-12-21)28(37)34-23-17-15-22(16-18-23)27-35-24-13-7-8-14-25(24)36(27)19-20-9-3-1-4-10-20/h1-18,26H,19H2,(H,34,37). The molecule has 1 amide bonds. The molecule has 1 N–H and O–H groups in total. The Morgan fingerprint density at radius 1 is 0.821 bits per heavy atom. The van der Waals surface area contributed by atoms with Gasteiger partial charge in [0, 0.05) is 23.4 Å². The number of aromatic nitrogens is 2. The number of alkyl halides is 3.